The summed E-state index contributed by atoms with van der Waals surface area (Å²) in [6.45, 7) is 2.71. The van der Waals surface area contributed by atoms with Crippen LogP contribution in [0.4, 0.5) is 13.2 Å². The van der Waals surface area contributed by atoms with Crippen LogP contribution in [-0.2, 0) is 17.5 Å². The van der Waals surface area contributed by atoms with Gasteiger partial charge in [-0.25, -0.2) is 0 Å². The van der Waals surface area contributed by atoms with Crippen LogP contribution in [0.2, 0.25) is 0 Å². The highest BCUT2D eigenvalue weighted by Gasteiger charge is 2.38. The summed E-state index contributed by atoms with van der Waals surface area (Å²) in [6.07, 6.45) is -0.453. The van der Waals surface area contributed by atoms with E-state index in [0.717, 1.165) is 30.4 Å². The Balaban J connectivity index is 2.14. The molecule has 21 heavy (non-hydrogen) atoms. The first kappa shape index (κ1) is 16.3. The highest BCUT2D eigenvalue weighted by atomic mass is 79.9. The third kappa shape index (κ3) is 3.78. The SMILES string of the molecule is Cc1c(Br)c(C(F)(F)F)nn1CC(=O)N1CCCCCC1. The van der Waals surface area contributed by atoms with Gasteiger partial charge < -0.3 is 4.90 Å². The van der Waals surface area contributed by atoms with Gasteiger partial charge in [-0.15, -0.1) is 0 Å². The molecule has 1 saturated heterocycles. The molecule has 0 radical (unpaired) electrons. The minimum atomic E-state index is -4.53. The van der Waals surface area contributed by atoms with Crippen LogP contribution < -0.4 is 0 Å². The molecule has 0 atom stereocenters. The van der Waals surface area contributed by atoms with Crippen LogP contribution in [0.25, 0.3) is 0 Å². The Morgan fingerprint density at radius 1 is 1.24 bits per heavy atom. The fraction of sp³-hybridized carbons (Fsp3) is 0.692. The first-order valence-electron chi connectivity index (χ1n) is 6.88. The largest absolute Gasteiger partial charge is 0.436 e. The van der Waals surface area contributed by atoms with Crippen molar-refractivity contribution in [3.05, 3.63) is 15.9 Å². The van der Waals surface area contributed by atoms with Gasteiger partial charge in [0, 0.05) is 13.1 Å². The number of aromatic nitrogens is 2. The summed E-state index contributed by atoms with van der Waals surface area (Å²) in [5, 5.41) is 3.54. The lowest BCUT2D eigenvalue weighted by Crippen LogP contribution is -2.35. The molecule has 2 heterocycles. The molecular weight excluding hydrogens is 351 g/mol. The number of nitrogens with zero attached hydrogens (tertiary/aromatic N) is 3. The number of likely N-dealkylation sites (tertiary alicyclic amines) is 1. The van der Waals surface area contributed by atoms with E-state index < -0.39 is 11.9 Å². The minimum absolute atomic E-state index is 0.0985. The maximum absolute atomic E-state index is 12.8. The predicted octanol–water partition coefficient (Wildman–Crippen LogP) is 3.38. The number of carbonyl (C=O) groups is 1. The molecule has 8 heteroatoms. The molecule has 118 valence electrons. The zero-order chi connectivity index (χ0) is 15.6. The maximum atomic E-state index is 12.8. The van der Waals surface area contributed by atoms with Gasteiger partial charge in [0.2, 0.25) is 5.91 Å². The lowest BCUT2D eigenvalue weighted by molar-refractivity contribution is -0.142. The first-order chi connectivity index (χ1) is 9.80. The minimum Gasteiger partial charge on any atom is -0.341 e. The lowest BCUT2D eigenvalue weighted by Gasteiger charge is -2.20. The van der Waals surface area contributed by atoms with Gasteiger partial charge >= 0.3 is 6.18 Å². The molecule has 0 aromatic carbocycles. The van der Waals surface area contributed by atoms with E-state index in [1.54, 1.807) is 4.90 Å². The average Bonchev–Trinajstić information content (AvgIpc) is 2.63. The van der Waals surface area contributed by atoms with Crippen LogP contribution in [0.1, 0.15) is 37.1 Å². The summed E-state index contributed by atoms with van der Waals surface area (Å²) in [5.41, 5.74) is -0.672. The lowest BCUT2D eigenvalue weighted by atomic mass is 10.2. The summed E-state index contributed by atoms with van der Waals surface area (Å²) in [5.74, 6) is -0.177. The van der Waals surface area contributed by atoms with E-state index in [4.69, 9.17) is 0 Å². The molecule has 0 unspecified atom stereocenters. The summed E-state index contributed by atoms with van der Waals surface area (Å²) in [6, 6.07) is 0. The Bertz CT molecular complexity index is 519. The van der Waals surface area contributed by atoms with Crippen molar-refractivity contribution in [3.8, 4) is 0 Å². The molecule has 0 spiro atoms. The molecule has 0 bridgehead atoms. The summed E-state index contributed by atoms with van der Waals surface area (Å²) in [4.78, 5) is 13.9. The quantitative estimate of drug-likeness (QED) is 0.803. The van der Waals surface area contributed by atoms with E-state index >= 15 is 0 Å². The van der Waals surface area contributed by atoms with Gasteiger partial charge in [-0.1, -0.05) is 12.8 Å². The molecule has 1 aliphatic rings. The maximum Gasteiger partial charge on any atom is 0.436 e. The Hall–Kier alpha value is -1.05. The first-order valence-corrected chi connectivity index (χ1v) is 7.68. The van der Waals surface area contributed by atoms with Gasteiger partial charge in [0.05, 0.1) is 10.2 Å². The number of halogens is 4. The van der Waals surface area contributed by atoms with E-state index in [0.29, 0.717) is 18.8 Å². The summed E-state index contributed by atoms with van der Waals surface area (Å²) in [7, 11) is 0. The van der Waals surface area contributed by atoms with Crippen LogP contribution in [0, 0.1) is 6.92 Å². The number of carbonyl (C=O) groups excluding carboxylic acids is 1. The Morgan fingerprint density at radius 2 is 1.81 bits per heavy atom. The second-order valence-corrected chi connectivity index (χ2v) is 5.99. The van der Waals surface area contributed by atoms with Crippen molar-refractivity contribution in [3.63, 3.8) is 0 Å². The third-order valence-corrected chi connectivity index (χ3v) is 4.60. The number of amides is 1. The van der Waals surface area contributed by atoms with E-state index in [2.05, 4.69) is 21.0 Å². The highest BCUT2D eigenvalue weighted by molar-refractivity contribution is 9.10. The van der Waals surface area contributed by atoms with Crippen LogP contribution in [-0.4, -0.2) is 33.7 Å². The summed E-state index contributed by atoms with van der Waals surface area (Å²) < 4.78 is 39.4. The van der Waals surface area contributed by atoms with Crippen LogP contribution in [0.5, 0.6) is 0 Å². The highest BCUT2D eigenvalue weighted by Crippen LogP contribution is 2.35. The molecule has 1 aromatic rings. The average molecular weight is 368 g/mol. The molecular formula is C13H17BrF3N3O. The Kier molecular flexibility index (Phi) is 4.95. The molecule has 0 saturated carbocycles. The second kappa shape index (κ2) is 6.37. The molecule has 1 amide bonds. The fourth-order valence-electron chi connectivity index (χ4n) is 2.41. The van der Waals surface area contributed by atoms with Crippen molar-refractivity contribution in [2.24, 2.45) is 0 Å². The Morgan fingerprint density at radius 3 is 2.29 bits per heavy atom. The zero-order valence-electron chi connectivity index (χ0n) is 11.7. The van der Waals surface area contributed by atoms with E-state index in [-0.39, 0.29) is 16.9 Å². The smallest absolute Gasteiger partial charge is 0.341 e. The molecule has 0 aliphatic carbocycles. The van der Waals surface area contributed by atoms with Crippen LogP contribution >= 0.6 is 15.9 Å². The van der Waals surface area contributed by atoms with E-state index in [9.17, 15) is 18.0 Å². The number of alkyl halides is 3. The molecule has 0 N–H and O–H groups in total. The summed E-state index contributed by atoms with van der Waals surface area (Å²) >= 11 is 2.91. The van der Waals surface area contributed by atoms with Crippen molar-refractivity contribution in [2.75, 3.05) is 13.1 Å². The van der Waals surface area contributed by atoms with Gasteiger partial charge in [-0.2, -0.15) is 18.3 Å². The van der Waals surface area contributed by atoms with E-state index in [1.807, 2.05) is 0 Å². The van der Waals surface area contributed by atoms with Gasteiger partial charge in [-0.3, -0.25) is 9.48 Å². The van der Waals surface area contributed by atoms with Crippen LogP contribution in [0.3, 0.4) is 0 Å². The van der Waals surface area contributed by atoms with Crippen molar-refractivity contribution >= 4 is 21.8 Å². The Labute approximate surface area is 129 Å². The van der Waals surface area contributed by atoms with Crippen molar-refractivity contribution in [2.45, 2.75) is 45.3 Å². The van der Waals surface area contributed by atoms with Crippen molar-refractivity contribution in [1.29, 1.82) is 0 Å². The molecule has 2 rings (SSSR count). The van der Waals surface area contributed by atoms with Crippen molar-refractivity contribution in [1.82, 2.24) is 14.7 Å². The molecule has 4 nitrogen and oxygen atoms in total. The number of hydrogen-bond donors (Lipinski definition) is 0. The van der Waals surface area contributed by atoms with Gasteiger partial charge in [-0.05, 0) is 35.7 Å². The van der Waals surface area contributed by atoms with Crippen LogP contribution in [0.15, 0.2) is 4.47 Å². The van der Waals surface area contributed by atoms with Gasteiger partial charge in [0.1, 0.15) is 6.54 Å². The van der Waals surface area contributed by atoms with Gasteiger partial charge in [0.15, 0.2) is 5.69 Å². The number of hydrogen-bond acceptors (Lipinski definition) is 2. The molecule has 1 aromatic heterocycles. The topological polar surface area (TPSA) is 38.1 Å². The second-order valence-electron chi connectivity index (χ2n) is 5.20. The van der Waals surface area contributed by atoms with Gasteiger partial charge in [0.25, 0.3) is 0 Å². The number of rotatable bonds is 2. The zero-order valence-corrected chi connectivity index (χ0v) is 13.3. The standard InChI is InChI=1S/C13H17BrF3N3O/c1-9-11(14)12(13(15,16)17)18-20(9)8-10(21)19-6-4-2-3-5-7-19/h2-8H2,1H3. The normalized spacial score (nSPS) is 16.9. The predicted molar refractivity (Wildman–Crippen MR) is 74.7 cm³/mol. The third-order valence-electron chi connectivity index (χ3n) is 3.65. The van der Waals surface area contributed by atoms with Crippen molar-refractivity contribution < 1.29 is 18.0 Å². The monoisotopic (exact) mass is 367 g/mol. The molecule has 1 fully saturated rings. The van der Waals surface area contributed by atoms with E-state index in [1.165, 1.54) is 6.92 Å². The fourth-order valence-corrected chi connectivity index (χ4v) is 2.92. The molecule has 1 aliphatic heterocycles.